The van der Waals surface area contributed by atoms with E-state index in [2.05, 4.69) is 45.7 Å². The van der Waals surface area contributed by atoms with Gasteiger partial charge in [-0.2, -0.15) is 0 Å². The molecule has 0 aromatic heterocycles. The summed E-state index contributed by atoms with van der Waals surface area (Å²) in [4.78, 5) is 23.8. The van der Waals surface area contributed by atoms with Gasteiger partial charge in [-0.25, -0.2) is 0 Å². The van der Waals surface area contributed by atoms with Gasteiger partial charge in [0.2, 0.25) is 0 Å². The summed E-state index contributed by atoms with van der Waals surface area (Å²) >= 11 is 6.74. The molecule has 4 heteroatoms. The lowest BCUT2D eigenvalue weighted by atomic mass is 9.98. The molecular weight excluding hydrogens is 420 g/mol. The van der Waals surface area contributed by atoms with Crippen molar-refractivity contribution in [3.63, 3.8) is 0 Å². The summed E-state index contributed by atoms with van der Waals surface area (Å²) in [5.74, 6) is 0.202. The molecule has 0 unspecified atom stereocenters. The number of halogens is 2. The van der Waals surface area contributed by atoms with Crippen LogP contribution in [0.1, 0.15) is 46.0 Å². The number of Topliss-reactive ketones (excluding diaryl/α,β-unsaturated/α-hetero) is 2. The third-order valence-corrected chi connectivity index (χ3v) is 6.28. The van der Waals surface area contributed by atoms with Crippen molar-refractivity contribution in [3.05, 3.63) is 71.3 Å². The van der Waals surface area contributed by atoms with Crippen molar-refractivity contribution in [3.8, 4) is 0 Å². The first-order valence-corrected chi connectivity index (χ1v) is 9.26. The summed E-state index contributed by atoms with van der Waals surface area (Å²) in [6.07, 6.45) is 0. The van der Waals surface area contributed by atoms with E-state index in [1.807, 2.05) is 42.5 Å². The van der Waals surface area contributed by atoms with Gasteiger partial charge >= 0.3 is 0 Å². The largest absolute Gasteiger partial charge is 0.293 e. The minimum absolute atomic E-state index is 0.105. The maximum absolute atomic E-state index is 12.6. The molecule has 2 nitrogen and oxygen atoms in total. The van der Waals surface area contributed by atoms with Crippen LogP contribution in [0.4, 0.5) is 0 Å². The van der Waals surface area contributed by atoms with Gasteiger partial charge in [-0.1, -0.05) is 100 Å². The van der Waals surface area contributed by atoms with Gasteiger partial charge in [0, 0.05) is 11.1 Å². The van der Waals surface area contributed by atoms with E-state index < -0.39 is 9.65 Å². The molecule has 0 saturated heterocycles. The van der Waals surface area contributed by atoms with E-state index in [-0.39, 0.29) is 11.6 Å². The van der Waals surface area contributed by atoms with Crippen LogP contribution in [0.3, 0.4) is 0 Å². The average Bonchev–Trinajstić information content (AvgIpc) is 2.60. The second-order valence-corrected chi connectivity index (χ2v) is 7.65. The van der Waals surface area contributed by atoms with Gasteiger partial charge in [0.25, 0.3) is 0 Å². The maximum Gasteiger partial charge on any atom is 0.178 e. The molecule has 0 aliphatic carbocycles. The highest BCUT2D eigenvalue weighted by molar-refractivity contribution is 9.12. The quantitative estimate of drug-likeness (QED) is 0.447. The van der Waals surface area contributed by atoms with Crippen LogP contribution in [0.15, 0.2) is 54.6 Å². The van der Waals surface area contributed by atoms with Crippen LogP contribution in [0, 0.1) is 0 Å². The first kappa shape index (κ1) is 18.1. The van der Waals surface area contributed by atoms with Crippen molar-refractivity contribution in [2.75, 3.05) is 0 Å². The Bertz CT molecular complexity index is 678. The van der Waals surface area contributed by atoms with E-state index in [0.29, 0.717) is 17.0 Å². The van der Waals surface area contributed by atoms with Crippen molar-refractivity contribution in [2.45, 2.75) is 29.4 Å². The smallest absolute Gasteiger partial charge is 0.178 e. The standard InChI is InChI=1S/C19H18Br2O2/c1-12(2)13-8-10-15(11-9-13)19(23)17(21)16(20)18(22)14-6-4-3-5-7-14/h3-12,16-17H,1-2H3/t16-,17-/m1/s1. The van der Waals surface area contributed by atoms with Crippen LogP contribution in [0.25, 0.3) is 0 Å². The van der Waals surface area contributed by atoms with Crippen LogP contribution < -0.4 is 0 Å². The molecule has 2 aromatic carbocycles. The summed E-state index contributed by atoms with van der Waals surface area (Å²) < 4.78 is 0. The molecule has 0 saturated carbocycles. The van der Waals surface area contributed by atoms with E-state index in [1.165, 1.54) is 5.56 Å². The number of alkyl halides is 2. The summed E-state index contributed by atoms with van der Waals surface area (Å²) in [6, 6.07) is 16.5. The molecule has 0 N–H and O–H groups in total. The number of rotatable bonds is 6. The Balaban J connectivity index is 2.14. The van der Waals surface area contributed by atoms with Gasteiger partial charge in [0.15, 0.2) is 11.6 Å². The molecule has 2 atom stereocenters. The number of carbonyl (C=O) groups excluding carboxylic acids is 2. The molecule has 2 rings (SSSR count). The van der Waals surface area contributed by atoms with Crippen molar-refractivity contribution in [2.24, 2.45) is 0 Å². The molecule has 0 amide bonds. The highest BCUT2D eigenvalue weighted by Gasteiger charge is 2.30. The molecule has 2 aromatic rings. The highest BCUT2D eigenvalue weighted by atomic mass is 79.9. The van der Waals surface area contributed by atoms with Gasteiger partial charge < -0.3 is 0 Å². The fraction of sp³-hybridized carbons (Fsp3) is 0.263. The van der Waals surface area contributed by atoms with Crippen LogP contribution >= 0.6 is 31.9 Å². The molecular formula is C19H18Br2O2. The molecule has 0 bridgehead atoms. The Kier molecular flexibility index (Phi) is 6.31. The molecule has 0 aliphatic heterocycles. The Labute approximate surface area is 153 Å². The SMILES string of the molecule is CC(C)c1ccc(C(=O)[C@H](Br)[C@@H](Br)C(=O)c2ccccc2)cc1. The number of hydrogen-bond acceptors (Lipinski definition) is 2. The summed E-state index contributed by atoms with van der Waals surface area (Å²) in [7, 11) is 0. The van der Waals surface area contributed by atoms with Crippen molar-refractivity contribution >= 4 is 43.4 Å². The molecule has 0 fully saturated rings. The fourth-order valence-corrected chi connectivity index (χ4v) is 3.23. The van der Waals surface area contributed by atoms with Gasteiger partial charge in [-0.15, -0.1) is 0 Å². The number of ketones is 2. The maximum atomic E-state index is 12.6. The minimum Gasteiger partial charge on any atom is -0.293 e. The molecule has 120 valence electrons. The van der Waals surface area contributed by atoms with Crippen LogP contribution in [-0.2, 0) is 0 Å². The van der Waals surface area contributed by atoms with Gasteiger partial charge in [0.1, 0.15) is 0 Å². The molecule has 0 spiro atoms. The Morgan fingerprint density at radius 2 is 1.17 bits per heavy atom. The number of carbonyl (C=O) groups is 2. The zero-order valence-electron chi connectivity index (χ0n) is 13.0. The summed E-state index contributed by atoms with van der Waals surface area (Å²) in [6.45, 7) is 4.22. The highest BCUT2D eigenvalue weighted by Crippen LogP contribution is 2.24. The third-order valence-electron chi connectivity index (χ3n) is 3.68. The van der Waals surface area contributed by atoms with E-state index in [0.717, 1.165) is 0 Å². The number of hydrogen-bond donors (Lipinski definition) is 0. The normalized spacial score (nSPS) is 13.6. The minimum atomic E-state index is -0.611. The monoisotopic (exact) mass is 436 g/mol. The summed E-state index contributed by atoms with van der Waals surface area (Å²) in [5.41, 5.74) is 2.37. The van der Waals surface area contributed by atoms with Crippen molar-refractivity contribution in [1.29, 1.82) is 0 Å². The summed E-state index contributed by atoms with van der Waals surface area (Å²) in [5, 5.41) is 0. The van der Waals surface area contributed by atoms with Gasteiger partial charge in [0.05, 0.1) is 9.65 Å². The topological polar surface area (TPSA) is 34.1 Å². The van der Waals surface area contributed by atoms with Gasteiger partial charge in [-0.3, -0.25) is 9.59 Å². The fourth-order valence-electron chi connectivity index (χ4n) is 2.22. The first-order valence-electron chi connectivity index (χ1n) is 7.43. The van der Waals surface area contributed by atoms with E-state index >= 15 is 0 Å². The third kappa shape index (κ3) is 4.39. The molecule has 0 heterocycles. The van der Waals surface area contributed by atoms with Gasteiger partial charge in [-0.05, 0) is 11.5 Å². The zero-order valence-corrected chi connectivity index (χ0v) is 16.2. The van der Waals surface area contributed by atoms with Crippen molar-refractivity contribution in [1.82, 2.24) is 0 Å². The first-order chi connectivity index (χ1) is 10.9. The lowest BCUT2D eigenvalue weighted by Gasteiger charge is -2.15. The van der Waals surface area contributed by atoms with Crippen molar-refractivity contribution < 1.29 is 9.59 Å². The van der Waals surface area contributed by atoms with E-state index in [9.17, 15) is 9.59 Å². The lowest BCUT2D eigenvalue weighted by Crippen LogP contribution is -2.31. The molecule has 0 radical (unpaired) electrons. The lowest BCUT2D eigenvalue weighted by molar-refractivity contribution is 0.0934. The zero-order chi connectivity index (χ0) is 17.0. The van der Waals surface area contributed by atoms with E-state index in [1.54, 1.807) is 12.1 Å². The molecule has 23 heavy (non-hydrogen) atoms. The predicted molar refractivity (Wildman–Crippen MR) is 101 cm³/mol. The number of benzene rings is 2. The molecule has 0 aliphatic rings. The average molecular weight is 438 g/mol. The van der Waals surface area contributed by atoms with Crippen LogP contribution in [-0.4, -0.2) is 21.2 Å². The second-order valence-electron chi connectivity index (χ2n) is 5.67. The Hall–Kier alpha value is -1.26. The Morgan fingerprint density at radius 1 is 0.739 bits per heavy atom. The Morgan fingerprint density at radius 3 is 1.61 bits per heavy atom. The van der Waals surface area contributed by atoms with Crippen LogP contribution in [0.5, 0.6) is 0 Å². The predicted octanol–water partition coefficient (Wildman–Crippen LogP) is 5.40. The van der Waals surface area contributed by atoms with E-state index in [4.69, 9.17) is 0 Å². The second kappa shape index (κ2) is 8.02. The van der Waals surface area contributed by atoms with Crippen LogP contribution in [0.2, 0.25) is 0 Å².